The van der Waals surface area contributed by atoms with Crippen LogP contribution in [-0.2, 0) is 6.42 Å². The van der Waals surface area contributed by atoms with E-state index in [1.165, 1.54) is 24.8 Å². The molecule has 1 aliphatic carbocycles. The van der Waals surface area contributed by atoms with Gasteiger partial charge in [0.15, 0.2) is 5.82 Å². The molecule has 2 aromatic rings. The molecule has 0 radical (unpaired) electrons. The highest BCUT2D eigenvalue weighted by atomic mass is 16.5. The molecule has 140 valence electrons. The Bertz CT molecular complexity index is 750. The summed E-state index contributed by atoms with van der Waals surface area (Å²) >= 11 is 0. The molecule has 0 atom stereocenters. The third-order valence-corrected chi connectivity index (χ3v) is 5.21. The third-order valence-electron chi connectivity index (χ3n) is 5.21. The monoisotopic (exact) mass is 356 g/mol. The highest BCUT2D eigenvalue weighted by Crippen LogP contribution is 2.31. The Balaban J connectivity index is 1.50. The van der Waals surface area contributed by atoms with E-state index in [-0.39, 0.29) is 6.03 Å². The Kier molecular flexibility index (Phi) is 5.91. The first-order valence-electron chi connectivity index (χ1n) is 9.45. The summed E-state index contributed by atoms with van der Waals surface area (Å²) in [7, 11) is 1.78. The van der Waals surface area contributed by atoms with Crippen molar-refractivity contribution >= 4 is 11.7 Å². The first-order chi connectivity index (χ1) is 12.5. The van der Waals surface area contributed by atoms with Gasteiger partial charge in [-0.15, -0.1) is 0 Å². The van der Waals surface area contributed by atoms with Crippen LogP contribution in [0.5, 0.6) is 0 Å². The van der Waals surface area contributed by atoms with Gasteiger partial charge in [0, 0.05) is 31.6 Å². The second-order valence-corrected chi connectivity index (χ2v) is 7.28. The maximum atomic E-state index is 12.3. The Hall–Kier alpha value is -2.37. The number of nitrogens with zero attached hydrogens (tertiary/aromatic N) is 3. The average Bonchev–Trinajstić information content (AvgIpc) is 3.12. The number of aryl methyl sites for hydroxylation is 2. The van der Waals surface area contributed by atoms with Gasteiger partial charge < -0.3 is 14.7 Å². The Labute approximate surface area is 155 Å². The number of aromatic nitrogens is 2. The quantitative estimate of drug-likeness (QED) is 0.859. The minimum atomic E-state index is -0.135. The van der Waals surface area contributed by atoms with Crippen molar-refractivity contribution in [2.24, 2.45) is 0 Å². The van der Waals surface area contributed by atoms with Gasteiger partial charge in [-0.1, -0.05) is 30.5 Å². The Morgan fingerprint density at radius 2 is 2.00 bits per heavy atom. The highest BCUT2D eigenvalue weighted by Gasteiger charge is 2.21. The summed E-state index contributed by atoms with van der Waals surface area (Å²) in [6.07, 6.45) is 6.65. The molecule has 1 N–H and O–H groups in total. The lowest BCUT2D eigenvalue weighted by atomic mass is 9.89. The van der Waals surface area contributed by atoms with Gasteiger partial charge in [-0.3, -0.25) is 0 Å². The predicted molar refractivity (Wildman–Crippen MR) is 101 cm³/mol. The topological polar surface area (TPSA) is 71.3 Å². The van der Waals surface area contributed by atoms with Crippen molar-refractivity contribution in [1.82, 2.24) is 15.0 Å². The fourth-order valence-corrected chi connectivity index (χ4v) is 3.29. The maximum Gasteiger partial charge on any atom is 0.321 e. The van der Waals surface area contributed by atoms with E-state index >= 15 is 0 Å². The molecule has 3 rings (SSSR count). The largest absolute Gasteiger partial charge is 0.339 e. The van der Waals surface area contributed by atoms with Gasteiger partial charge in [-0.05, 0) is 49.9 Å². The van der Waals surface area contributed by atoms with Crippen LogP contribution in [0, 0.1) is 13.8 Å². The third kappa shape index (κ3) is 4.62. The number of likely N-dealkylation sites (N-methyl/N-ethyl adjacent to an activating group) is 1. The van der Waals surface area contributed by atoms with Crippen LogP contribution in [0.4, 0.5) is 10.5 Å². The van der Waals surface area contributed by atoms with E-state index in [1.54, 1.807) is 11.9 Å². The van der Waals surface area contributed by atoms with E-state index < -0.39 is 0 Å². The van der Waals surface area contributed by atoms with Gasteiger partial charge in [0.25, 0.3) is 0 Å². The zero-order chi connectivity index (χ0) is 18.5. The van der Waals surface area contributed by atoms with Crippen molar-refractivity contribution in [3.63, 3.8) is 0 Å². The summed E-state index contributed by atoms with van der Waals surface area (Å²) in [5, 5.41) is 7.01. The Morgan fingerprint density at radius 3 is 2.73 bits per heavy atom. The molecule has 6 nitrogen and oxygen atoms in total. The van der Waals surface area contributed by atoms with Gasteiger partial charge in [0.1, 0.15) is 0 Å². The molecule has 1 aliphatic rings. The standard InChI is InChI=1S/C20H28N4O2/c1-14-9-10-17(13-15(14)2)21-20(25)24(3)12-11-18-22-19(26-23-18)16-7-5-4-6-8-16/h9-10,13,16H,4-8,11-12H2,1-3H3,(H,21,25). The molecule has 0 aliphatic heterocycles. The zero-order valence-corrected chi connectivity index (χ0v) is 15.9. The van der Waals surface area contributed by atoms with Crippen molar-refractivity contribution in [1.29, 1.82) is 0 Å². The lowest BCUT2D eigenvalue weighted by Gasteiger charge is -2.18. The van der Waals surface area contributed by atoms with Crippen LogP contribution < -0.4 is 5.32 Å². The summed E-state index contributed by atoms with van der Waals surface area (Å²) in [5.41, 5.74) is 3.18. The number of hydrogen-bond donors (Lipinski definition) is 1. The molecule has 2 amide bonds. The number of rotatable bonds is 5. The Morgan fingerprint density at radius 1 is 1.23 bits per heavy atom. The van der Waals surface area contributed by atoms with Crippen molar-refractivity contribution in [2.45, 2.75) is 58.3 Å². The smallest absolute Gasteiger partial charge is 0.321 e. The van der Waals surface area contributed by atoms with Gasteiger partial charge in [0.2, 0.25) is 5.89 Å². The summed E-state index contributed by atoms with van der Waals surface area (Å²) in [6.45, 7) is 4.63. The van der Waals surface area contributed by atoms with Crippen molar-refractivity contribution in [2.75, 3.05) is 18.9 Å². The predicted octanol–water partition coefficient (Wildman–Crippen LogP) is 4.44. The van der Waals surface area contributed by atoms with Gasteiger partial charge in [-0.2, -0.15) is 4.98 Å². The fraction of sp³-hybridized carbons (Fsp3) is 0.550. The SMILES string of the molecule is Cc1ccc(NC(=O)N(C)CCc2noc(C3CCCCC3)n2)cc1C. The van der Waals surface area contributed by atoms with Crippen LogP contribution in [0.3, 0.4) is 0 Å². The molecule has 0 saturated heterocycles. The van der Waals surface area contributed by atoms with Crippen LogP contribution >= 0.6 is 0 Å². The molecule has 1 aromatic heterocycles. The summed E-state index contributed by atoms with van der Waals surface area (Å²) < 4.78 is 5.44. The van der Waals surface area contributed by atoms with Crippen LogP contribution in [0.1, 0.15) is 60.9 Å². The maximum absolute atomic E-state index is 12.3. The van der Waals surface area contributed by atoms with E-state index in [4.69, 9.17) is 4.52 Å². The number of nitrogens with one attached hydrogen (secondary N) is 1. The molecule has 26 heavy (non-hydrogen) atoms. The molecule has 1 heterocycles. The number of amides is 2. The van der Waals surface area contributed by atoms with E-state index in [0.717, 1.165) is 30.0 Å². The number of benzene rings is 1. The van der Waals surface area contributed by atoms with E-state index in [1.807, 2.05) is 25.1 Å². The van der Waals surface area contributed by atoms with Crippen molar-refractivity contribution < 1.29 is 9.32 Å². The van der Waals surface area contributed by atoms with E-state index in [9.17, 15) is 4.79 Å². The second kappa shape index (κ2) is 8.34. The summed E-state index contributed by atoms with van der Waals surface area (Å²) in [5.74, 6) is 1.86. The molecule has 1 fully saturated rings. The van der Waals surface area contributed by atoms with E-state index in [0.29, 0.717) is 24.7 Å². The molecule has 0 bridgehead atoms. The molecular formula is C20H28N4O2. The lowest BCUT2D eigenvalue weighted by molar-refractivity contribution is 0.222. The second-order valence-electron chi connectivity index (χ2n) is 7.28. The normalized spacial score (nSPS) is 15.0. The van der Waals surface area contributed by atoms with Crippen LogP contribution in [0.25, 0.3) is 0 Å². The molecule has 6 heteroatoms. The van der Waals surface area contributed by atoms with Crippen LogP contribution in [0.2, 0.25) is 0 Å². The number of carbonyl (C=O) groups excluding carboxylic acids is 1. The minimum absolute atomic E-state index is 0.135. The van der Waals surface area contributed by atoms with E-state index in [2.05, 4.69) is 22.4 Å². The summed E-state index contributed by atoms with van der Waals surface area (Å²) in [4.78, 5) is 18.5. The molecular weight excluding hydrogens is 328 g/mol. The first-order valence-corrected chi connectivity index (χ1v) is 9.45. The zero-order valence-electron chi connectivity index (χ0n) is 15.9. The fourth-order valence-electron chi connectivity index (χ4n) is 3.29. The number of carbonyl (C=O) groups is 1. The van der Waals surface area contributed by atoms with Gasteiger partial charge in [0.05, 0.1) is 0 Å². The number of urea groups is 1. The first kappa shape index (κ1) is 18.4. The van der Waals surface area contributed by atoms with Crippen LogP contribution in [0.15, 0.2) is 22.7 Å². The van der Waals surface area contributed by atoms with Gasteiger partial charge >= 0.3 is 6.03 Å². The lowest BCUT2D eigenvalue weighted by Crippen LogP contribution is -2.33. The van der Waals surface area contributed by atoms with Crippen molar-refractivity contribution in [3.05, 3.63) is 41.0 Å². The molecule has 1 aromatic carbocycles. The molecule has 0 spiro atoms. The van der Waals surface area contributed by atoms with Gasteiger partial charge in [-0.25, -0.2) is 4.79 Å². The van der Waals surface area contributed by atoms with Crippen LogP contribution in [-0.4, -0.2) is 34.7 Å². The number of anilines is 1. The minimum Gasteiger partial charge on any atom is -0.339 e. The molecule has 1 saturated carbocycles. The highest BCUT2D eigenvalue weighted by molar-refractivity contribution is 5.89. The average molecular weight is 356 g/mol. The van der Waals surface area contributed by atoms with Crippen molar-refractivity contribution in [3.8, 4) is 0 Å². The molecule has 0 unspecified atom stereocenters. The number of hydrogen-bond acceptors (Lipinski definition) is 4. The summed E-state index contributed by atoms with van der Waals surface area (Å²) in [6, 6.07) is 5.78.